The van der Waals surface area contributed by atoms with E-state index in [4.69, 9.17) is 0 Å². The third-order valence-corrected chi connectivity index (χ3v) is 3.41. The number of nitrogens with one attached hydrogen (secondary N) is 1. The predicted molar refractivity (Wildman–Crippen MR) is 59.1 cm³/mol. The number of aromatic nitrogens is 2. The Labute approximate surface area is 85.8 Å². The van der Waals surface area contributed by atoms with Crippen molar-refractivity contribution in [2.45, 2.75) is 26.7 Å². The van der Waals surface area contributed by atoms with E-state index in [0.29, 0.717) is 17.1 Å². The van der Waals surface area contributed by atoms with Crippen molar-refractivity contribution in [2.75, 3.05) is 0 Å². The van der Waals surface area contributed by atoms with Gasteiger partial charge in [-0.2, -0.15) is 0 Å². The first-order chi connectivity index (χ1) is 6.59. The van der Waals surface area contributed by atoms with Crippen LogP contribution in [0.1, 0.15) is 30.5 Å². The third-order valence-electron chi connectivity index (χ3n) is 2.14. The van der Waals surface area contributed by atoms with Crippen LogP contribution < -0.4 is 5.56 Å². The second kappa shape index (κ2) is 3.20. The van der Waals surface area contributed by atoms with E-state index >= 15 is 0 Å². The monoisotopic (exact) mass is 208 g/mol. The van der Waals surface area contributed by atoms with Gasteiger partial charge in [0.15, 0.2) is 0 Å². The zero-order valence-corrected chi connectivity index (χ0v) is 9.23. The van der Waals surface area contributed by atoms with Crippen molar-refractivity contribution in [2.24, 2.45) is 0 Å². The molecule has 0 saturated heterocycles. The first-order valence-electron chi connectivity index (χ1n) is 4.57. The lowest BCUT2D eigenvalue weighted by Crippen LogP contribution is -2.08. The van der Waals surface area contributed by atoms with Gasteiger partial charge in [-0.15, -0.1) is 11.3 Å². The number of thiophene rings is 1. The van der Waals surface area contributed by atoms with Crippen molar-refractivity contribution >= 4 is 22.2 Å². The lowest BCUT2D eigenvalue weighted by molar-refractivity contribution is 0.891. The summed E-state index contributed by atoms with van der Waals surface area (Å²) in [6.45, 7) is 6.04. The summed E-state index contributed by atoms with van der Waals surface area (Å²) < 4.78 is 0. The minimum absolute atomic E-state index is 0.0318. The molecule has 0 amide bonds. The molecule has 0 spiro atoms. The van der Waals surface area contributed by atoms with Crippen molar-refractivity contribution in [1.29, 1.82) is 0 Å². The standard InChI is InChI=1S/C10H12N2OS/c1-5(2)9-8-7(4-14-9)10(13)12-6(3)11-8/h4-5H,1-3H3,(H,11,12,13). The van der Waals surface area contributed by atoms with E-state index in [2.05, 4.69) is 23.8 Å². The first-order valence-corrected chi connectivity index (χ1v) is 5.45. The summed E-state index contributed by atoms with van der Waals surface area (Å²) in [5.41, 5.74) is 0.835. The molecule has 0 radical (unpaired) electrons. The fraction of sp³-hybridized carbons (Fsp3) is 0.400. The van der Waals surface area contributed by atoms with E-state index in [0.717, 1.165) is 5.52 Å². The topological polar surface area (TPSA) is 45.8 Å². The summed E-state index contributed by atoms with van der Waals surface area (Å²) in [7, 11) is 0. The molecule has 0 unspecified atom stereocenters. The lowest BCUT2D eigenvalue weighted by atomic mass is 10.1. The molecule has 0 saturated carbocycles. The Morgan fingerprint density at radius 3 is 2.86 bits per heavy atom. The molecule has 0 aliphatic rings. The highest BCUT2D eigenvalue weighted by molar-refractivity contribution is 7.11. The smallest absolute Gasteiger partial charge is 0.259 e. The van der Waals surface area contributed by atoms with E-state index in [1.807, 2.05) is 12.3 Å². The molecule has 0 aliphatic carbocycles. The number of H-pyrrole nitrogens is 1. The molecule has 0 bridgehead atoms. The molecule has 2 heterocycles. The zero-order chi connectivity index (χ0) is 10.3. The van der Waals surface area contributed by atoms with E-state index in [1.54, 1.807) is 11.3 Å². The number of rotatable bonds is 1. The Kier molecular flexibility index (Phi) is 2.15. The summed E-state index contributed by atoms with van der Waals surface area (Å²) in [6, 6.07) is 0. The molecule has 3 nitrogen and oxygen atoms in total. The summed E-state index contributed by atoms with van der Waals surface area (Å²) in [5.74, 6) is 1.11. The molecule has 14 heavy (non-hydrogen) atoms. The maximum Gasteiger partial charge on any atom is 0.259 e. The molecule has 0 aliphatic heterocycles. The van der Waals surface area contributed by atoms with Gasteiger partial charge in [0.2, 0.25) is 0 Å². The van der Waals surface area contributed by atoms with Crippen molar-refractivity contribution in [1.82, 2.24) is 9.97 Å². The molecule has 0 aromatic carbocycles. The van der Waals surface area contributed by atoms with E-state index in [9.17, 15) is 4.79 Å². The second-order valence-electron chi connectivity index (χ2n) is 3.67. The van der Waals surface area contributed by atoms with Gasteiger partial charge in [0, 0.05) is 10.3 Å². The molecule has 0 fully saturated rings. The molecule has 0 atom stereocenters. The van der Waals surface area contributed by atoms with E-state index in [-0.39, 0.29) is 5.56 Å². The summed E-state index contributed by atoms with van der Waals surface area (Å²) in [5, 5.41) is 2.60. The largest absolute Gasteiger partial charge is 0.310 e. The van der Waals surface area contributed by atoms with Crippen molar-refractivity contribution in [3.05, 3.63) is 26.4 Å². The average molecular weight is 208 g/mol. The number of aryl methyl sites for hydroxylation is 1. The molecular weight excluding hydrogens is 196 g/mol. The number of aromatic amines is 1. The summed E-state index contributed by atoms with van der Waals surface area (Å²) in [4.78, 5) is 19.8. The number of hydrogen-bond acceptors (Lipinski definition) is 3. The van der Waals surface area contributed by atoms with Gasteiger partial charge in [-0.05, 0) is 12.8 Å². The lowest BCUT2D eigenvalue weighted by Gasteiger charge is -2.01. The van der Waals surface area contributed by atoms with E-state index in [1.165, 1.54) is 4.88 Å². The highest BCUT2D eigenvalue weighted by Crippen LogP contribution is 2.28. The first kappa shape index (κ1) is 9.40. The molecule has 2 aromatic heterocycles. The van der Waals surface area contributed by atoms with Gasteiger partial charge in [-0.25, -0.2) is 4.98 Å². The van der Waals surface area contributed by atoms with Crippen LogP contribution in [0.2, 0.25) is 0 Å². The summed E-state index contributed by atoms with van der Waals surface area (Å²) in [6.07, 6.45) is 0. The Balaban J connectivity index is 2.85. The minimum Gasteiger partial charge on any atom is -0.310 e. The Bertz CT molecular complexity index is 524. The highest BCUT2D eigenvalue weighted by Gasteiger charge is 2.11. The van der Waals surface area contributed by atoms with Crippen LogP contribution in [0.15, 0.2) is 10.2 Å². The van der Waals surface area contributed by atoms with Gasteiger partial charge >= 0.3 is 0 Å². The van der Waals surface area contributed by atoms with Gasteiger partial charge in [0.1, 0.15) is 5.82 Å². The molecule has 4 heteroatoms. The van der Waals surface area contributed by atoms with Crippen molar-refractivity contribution < 1.29 is 0 Å². The highest BCUT2D eigenvalue weighted by atomic mass is 32.1. The molecule has 1 N–H and O–H groups in total. The van der Waals surface area contributed by atoms with Gasteiger partial charge < -0.3 is 4.98 Å². The van der Waals surface area contributed by atoms with Gasteiger partial charge in [0.05, 0.1) is 10.9 Å². The molecular formula is C10H12N2OS. The fourth-order valence-corrected chi connectivity index (χ4v) is 2.48. The van der Waals surface area contributed by atoms with E-state index < -0.39 is 0 Å². The normalized spacial score (nSPS) is 11.4. The molecule has 2 aromatic rings. The Morgan fingerprint density at radius 1 is 1.50 bits per heavy atom. The number of hydrogen-bond donors (Lipinski definition) is 1. The van der Waals surface area contributed by atoms with Crippen LogP contribution in [-0.2, 0) is 0 Å². The van der Waals surface area contributed by atoms with Crippen LogP contribution in [0.5, 0.6) is 0 Å². The molecule has 2 rings (SSSR count). The minimum atomic E-state index is -0.0318. The zero-order valence-electron chi connectivity index (χ0n) is 8.42. The van der Waals surface area contributed by atoms with Crippen LogP contribution in [0.3, 0.4) is 0 Å². The maximum atomic E-state index is 11.5. The van der Waals surface area contributed by atoms with Crippen molar-refractivity contribution in [3.8, 4) is 0 Å². The SMILES string of the molecule is Cc1nc2c(C(C)C)scc2c(=O)[nH]1. The van der Waals surface area contributed by atoms with Crippen LogP contribution in [0, 0.1) is 6.92 Å². The van der Waals surface area contributed by atoms with Gasteiger partial charge in [-0.3, -0.25) is 4.79 Å². The summed E-state index contributed by atoms with van der Waals surface area (Å²) >= 11 is 1.61. The fourth-order valence-electron chi connectivity index (χ4n) is 1.48. The quantitative estimate of drug-likeness (QED) is 0.782. The van der Waals surface area contributed by atoms with Gasteiger partial charge in [-0.1, -0.05) is 13.8 Å². The third kappa shape index (κ3) is 1.35. The van der Waals surface area contributed by atoms with Crippen LogP contribution >= 0.6 is 11.3 Å². The predicted octanol–water partition coefficient (Wildman–Crippen LogP) is 2.42. The van der Waals surface area contributed by atoms with Crippen LogP contribution in [0.4, 0.5) is 0 Å². The van der Waals surface area contributed by atoms with Crippen LogP contribution in [0.25, 0.3) is 10.9 Å². The second-order valence-corrected chi connectivity index (χ2v) is 4.58. The number of nitrogens with zero attached hydrogens (tertiary/aromatic N) is 1. The Hall–Kier alpha value is -1.16. The number of fused-ring (bicyclic) bond motifs is 1. The average Bonchev–Trinajstić information content (AvgIpc) is 2.47. The van der Waals surface area contributed by atoms with Crippen molar-refractivity contribution in [3.63, 3.8) is 0 Å². The Morgan fingerprint density at radius 2 is 2.21 bits per heavy atom. The molecule has 74 valence electrons. The van der Waals surface area contributed by atoms with Gasteiger partial charge in [0.25, 0.3) is 5.56 Å². The van der Waals surface area contributed by atoms with Crippen LogP contribution in [-0.4, -0.2) is 9.97 Å². The maximum absolute atomic E-state index is 11.5.